The molecule has 0 saturated carbocycles. The predicted molar refractivity (Wildman–Crippen MR) is 71.3 cm³/mol. The average molecular weight is 343 g/mol. The largest absolute Gasteiger partial charge is 0.481 e. The van der Waals surface area contributed by atoms with Gasteiger partial charge in [0, 0.05) is 20.5 Å². The van der Waals surface area contributed by atoms with E-state index in [4.69, 9.17) is 25.1 Å². The number of amides is 1. The van der Waals surface area contributed by atoms with Gasteiger partial charge in [0.2, 0.25) is 6.41 Å². The van der Waals surface area contributed by atoms with Crippen LogP contribution in [0.25, 0.3) is 0 Å². The van der Waals surface area contributed by atoms with E-state index in [1.54, 1.807) is 14.1 Å². The Kier molecular flexibility index (Phi) is 9.26. The van der Waals surface area contributed by atoms with Crippen molar-refractivity contribution in [1.29, 1.82) is 0 Å². The zero-order chi connectivity index (χ0) is 18.1. The molecule has 0 aliphatic rings. The summed E-state index contributed by atoms with van der Waals surface area (Å²) in [6.07, 6.45) is -2.42. The summed E-state index contributed by atoms with van der Waals surface area (Å²) in [5.74, 6) is -5.25. The Labute approximate surface area is 125 Å². The Hall–Kier alpha value is -1.97. The molecule has 0 bridgehead atoms. The zero-order valence-electron chi connectivity index (χ0n) is 11.9. The van der Waals surface area contributed by atoms with Crippen LogP contribution in [-0.2, 0) is 23.7 Å². The minimum Gasteiger partial charge on any atom is -0.481 e. The molecular weight excluding hydrogens is 325 g/mol. The smallest absolute Gasteiger partial charge is 0.343 e. The highest BCUT2D eigenvalue weighted by atomic mass is 31.2. The van der Waals surface area contributed by atoms with Crippen molar-refractivity contribution in [2.75, 3.05) is 14.1 Å². The lowest BCUT2D eigenvalue weighted by Crippen LogP contribution is -2.41. The van der Waals surface area contributed by atoms with Gasteiger partial charge in [-0.2, -0.15) is 0 Å². The van der Waals surface area contributed by atoms with Gasteiger partial charge in [0.15, 0.2) is 5.16 Å². The maximum Gasteiger partial charge on any atom is 0.343 e. The Morgan fingerprint density at radius 1 is 1.09 bits per heavy atom. The Balaban J connectivity index is 0. The van der Waals surface area contributed by atoms with E-state index in [0.29, 0.717) is 0 Å². The van der Waals surface area contributed by atoms with E-state index in [1.165, 1.54) is 4.90 Å². The van der Waals surface area contributed by atoms with Crippen molar-refractivity contribution < 1.29 is 48.8 Å². The zero-order valence-corrected chi connectivity index (χ0v) is 12.8. The molecule has 11 nitrogen and oxygen atoms in total. The standard InChI is InChI=1S/C7H11O9P.C3H7NO/c8-4(9)1-2-7(6(12)13,3-5(10)11)17(14,15)16;1-4(2)3-5/h1-3H2,(H,8,9)(H,10,11)(H,12,13)(H2,14,15,16);3H,1-2H3. The second kappa shape index (κ2) is 9.13. The molecule has 0 rings (SSSR count). The van der Waals surface area contributed by atoms with Crippen molar-refractivity contribution in [3.63, 3.8) is 0 Å². The topological polar surface area (TPSA) is 190 Å². The van der Waals surface area contributed by atoms with Crippen molar-refractivity contribution in [3.8, 4) is 0 Å². The van der Waals surface area contributed by atoms with Gasteiger partial charge >= 0.3 is 25.5 Å². The van der Waals surface area contributed by atoms with Crippen LogP contribution in [0.1, 0.15) is 19.3 Å². The van der Waals surface area contributed by atoms with E-state index in [2.05, 4.69) is 0 Å². The molecule has 5 N–H and O–H groups in total. The lowest BCUT2D eigenvalue weighted by molar-refractivity contribution is -0.148. The van der Waals surface area contributed by atoms with Crippen LogP contribution in [0, 0.1) is 0 Å². The number of hydrogen-bond donors (Lipinski definition) is 5. The van der Waals surface area contributed by atoms with Gasteiger partial charge < -0.3 is 30.0 Å². The van der Waals surface area contributed by atoms with E-state index in [-0.39, 0.29) is 0 Å². The molecule has 0 fully saturated rings. The number of nitrogens with zero attached hydrogens (tertiary/aromatic N) is 1. The summed E-state index contributed by atoms with van der Waals surface area (Å²) < 4.78 is 11.1. The number of carbonyl (C=O) groups excluding carboxylic acids is 1. The summed E-state index contributed by atoms with van der Waals surface area (Å²) in [6.45, 7) is 0. The fraction of sp³-hybridized carbons (Fsp3) is 0.600. The number of carboxylic acids is 3. The highest BCUT2D eigenvalue weighted by Crippen LogP contribution is 2.55. The summed E-state index contributed by atoms with van der Waals surface area (Å²) in [7, 11) is -1.94. The Morgan fingerprint density at radius 3 is 1.68 bits per heavy atom. The average Bonchev–Trinajstić information content (AvgIpc) is 2.32. The van der Waals surface area contributed by atoms with Crippen LogP contribution < -0.4 is 0 Å². The second-order valence-electron chi connectivity index (χ2n) is 4.41. The van der Waals surface area contributed by atoms with Gasteiger partial charge in [0.05, 0.1) is 6.42 Å². The number of aliphatic carboxylic acids is 3. The van der Waals surface area contributed by atoms with E-state index < -0.39 is 49.9 Å². The Morgan fingerprint density at radius 2 is 1.50 bits per heavy atom. The van der Waals surface area contributed by atoms with Crippen molar-refractivity contribution in [2.24, 2.45) is 0 Å². The Bertz CT molecular complexity index is 470. The predicted octanol–water partition coefficient (Wildman–Crippen LogP) is -0.969. The molecule has 0 aliphatic carbocycles. The molecule has 0 heterocycles. The second-order valence-corrected chi connectivity index (χ2v) is 6.36. The summed E-state index contributed by atoms with van der Waals surface area (Å²) in [5.41, 5.74) is 0. The first-order valence-corrected chi connectivity index (χ1v) is 7.25. The normalized spacial score (nSPS) is 13.1. The molecule has 0 spiro atoms. The summed E-state index contributed by atoms with van der Waals surface area (Å²) >= 11 is 0. The maximum atomic E-state index is 11.1. The van der Waals surface area contributed by atoms with E-state index in [0.717, 1.165) is 6.41 Å². The van der Waals surface area contributed by atoms with E-state index >= 15 is 0 Å². The molecule has 0 radical (unpaired) electrons. The molecule has 22 heavy (non-hydrogen) atoms. The number of carbonyl (C=O) groups is 4. The highest BCUT2D eigenvalue weighted by molar-refractivity contribution is 7.54. The molecule has 0 aromatic rings. The van der Waals surface area contributed by atoms with Crippen LogP contribution in [-0.4, -0.2) is 73.6 Å². The maximum absolute atomic E-state index is 11.1. The SMILES string of the molecule is CN(C)C=O.O=C(O)CCC(CC(=O)O)(C(=O)O)P(=O)(O)O. The number of rotatable bonds is 8. The van der Waals surface area contributed by atoms with Gasteiger partial charge in [-0.15, -0.1) is 0 Å². The van der Waals surface area contributed by atoms with Gasteiger partial charge in [-0.1, -0.05) is 0 Å². The molecule has 0 saturated heterocycles. The van der Waals surface area contributed by atoms with Crippen LogP contribution in [0.4, 0.5) is 0 Å². The van der Waals surface area contributed by atoms with Gasteiger partial charge in [0.25, 0.3) is 0 Å². The molecule has 12 heteroatoms. The molecule has 128 valence electrons. The van der Waals surface area contributed by atoms with E-state index in [1.807, 2.05) is 0 Å². The molecule has 1 amide bonds. The van der Waals surface area contributed by atoms with Crippen LogP contribution in [0.2, 0.25) is 0 Å². The third-order valence-corrected chi connectivity index (χ3v) is 4.05. The van der Waals surface area contributed by atoms with Crippen LogP contribution in [0.3, 0.4) is 0 Å². The third kappa shape index (κ3) is 7.72. The first-order valence-electron chi connectivity index (χ1n) is 5.64. The monoisotopic (exact) mass is 343 g/mol. The van der Waals surface area contributed by atoms with Crippen LogP contribution in [0.15, 0.2) is 0 Å². The molecule has 0 aromatic carbocycles. The summed E-state index contributed by atoms with van der Waals surface area (Å²) in [5, 5.41) is 22.7. The van der Waals surface area contributed by atoms with Crippen molar-refractivity contribution in [1.82, 2.24) is 4.90 Å². The van der Waals surface area contributed by atoms with Crippen molar-refractivity contribution in [2.45, 2.75) is 24.4 Å². The van der Waals surface area contributed by atoms with Crippen LogP contribution in [0.5, 0.6) is 0 Å². The van der Waals surface area contributed by atoms with E-state index in [9.17, 15) is 23.7 Å². The lowest BCUT2D eigenvalue weighted by atomic mass is 9.98. The van der Waals surface area contributed by atoms with Gasteiger partial charge in [0.1, 0.15) is 0 Å². The fourth-order valence-corrected chi connectivity index (χ4v) is 2.20. The third-order valence-electron chi connectivity index (χ3n) is 2.36. The summed E-state index contributed by atoms with van der Waals surface area (Å²) in [6, 6.07) is 0. The molecule has 1 atom stereocenters. The molecule has 0 aromatic heterocycles. The summed E-state index contributed by atoms with van der Waals surface area (Å²) in [4.78, 5) is 60.4. The van der Waals surface area contributed by atoms with Crippen molar-refractivity contribution in [3.05, 3.63) is 0 Å². The van der Waals surface area contributed by atoms with Gasteiger partial charge in [-0.05, 0) is 6.42 Å². The fourth-order valence-electron chi connectivity index (χ4n) is 1.21. The van der Waals surface area contributed by atoms with Gasteiger partial charge in [-0.3, -0.25) is 23.7 Å². The van der Waals surface area contributed by atoms with Crippen LogP contribution >= 0.6 is 7.60 Å². The minimum atomic E-state index is -5.32. The van der Waals surface area contributed by atoms with Crippen molar-refractivity contribution >= 4 is 31.9 Å². The van der Waals surface area contributed by atoms with Gasteiger partial charge in [-0.25, -0.2) is 0 Å². The molecular formula is C10H18NO10P. The first-order chi connectivity index (χ1) is 9.80. The molecule has 0 aliphatic heterocycles. The first kappa shape index (κ1) is 22.3. The molecule has 1 unspecified atom stereocenters. The highest BCUT2D eigenvalue weighted by Gasteiger charge is 2.55. The minimum absolute atomic E-state index is 0.750. The lowest BCUT2D eigenvalue weighted by Gasteiger charge is -2.27. The number of carboxylic acid groups (broad SMARTS) is 3. The number of hydrogen-bond acceptors (Lipinski definition) is 5. The quantitative estimate of drug-likeness (QED) is 0.271.